The minimum absolute atomic E-state index is 0. The molecule has 0 aromatic heterocycles. The van der Waals surface area contributed by atoms with Gasteiger partial charge in [0.1, 0.15) is 0 Å². The first-order valence-electron chi connectivity index (χ1n) is 6.02. The van der Waals surface area contributed by atoms with Crippen LogP contribution in [0, 0.1) is 0 Å². The van der Waals surface area contributed by atoms with Crippen molar-refractivity contribution in [3.63, 3.8) is 0 Å². The summed E-state index contributed by atoms with van der Waals surface area (Å²) < 4.78 is 0. The summed E-state index contributed by atoms with van der Waals surface area (Å²) in [5, 5.41) is 3.67. The summed E-state index contributed by atoms with van der Waals surface area (Å²) in [5.74, 6) is 0. The Morgan fingerprint density at radius 1 is 1.29 bits per heavy atom. The molecule has 0 bridgehead atoms. The van der Waals surface area contributed by atoms with Gasteiger partial charge < -0.3 is 16.0 Å². The summed E-state index contributed by atoms with van der Waals surface area (Å²) in [6.45, 7) is 2.27. The normalized spacial score (nSPS) is 26.1. The molecule has 3 N–H and O–H groups in total. The van der Waals surface area contributed by atoms with E-state index in [0.29, 0.717) is 0 Å². The minimum atomic E-state index is 0. The van der Waals surface area contributed by atoms with Crippen LogP contribution in [0.3, 0.4) is 0 Å². The molecule has 3 nitrogen and oxygen atoms in total. The van der Waals surface area contributed by atoms with E-state index in [-0.39, 0.29) is 24.0 Å². The molecule has 94 valence electrons. The van der Waals surface area contributed by atoms with Crippen molar-refractivity contribution in [2.45, 2.75) is 24.4 Å². The first-order chi connectivity index (χ1) is 7.71. The molecule has 0 radical (unpaired) electrons. The van der Waals surface area contributed by atoms with Crippen molar-refractivity contribution in [1.29, 1.82) is 0 Å². The highest BCUT2D eigenvalue weighted by Crippen LogP contribution is 2.44. The molecular weight excluding hydrogens is 234 g/mol. The van der Waals surface area contributed by atoms with Gasteiger partial charge in [-0.15, -0.1) is 12.4 Å². The maximum Gasteiger partial charge on any atom is 0.0591 e. The van der Waals surface area contributed by atoms with Gasteiger partial charge in [0.25, 0.3) is 0 Å². The fraction of sp³-hybridized carbons (Fsp3) is 0.538. The van der Waals surface area contributed by atoms with Gasteiger partial charge in [0.2, 0.25) is 0 Å². The van der Waals surface area contributed by atoms with E-state index in [0.717, 1.165) is 25.9 Å². The summed E-state index contributed by atoms with van der Waals surface area (Å²) in [6, 6.07) is 8.60. The molecule has 2 aliphatic rings. The van der Waals surface area contributed by atoms with Crippen LogP contribution in [0.2, 0.25) is 0 Å². The molecule has 4 heteroatoms. The topological polar surface area (TPSA) is 41.3 Å². The fourth-order valence-electron chi connectivity index (χ4n) is 2.98. The van der Waals surface area contributed by atoms with Crippen molar-refractivity contribution in [1.82, 2.24) is 4.90 Å². The Balaban J connectivity index is 0.00000108. The summed E-state index contributed by atoms with van der Waals surface area (Å²) in [5.41, 5.74) is 9.05. The van der Waals surface area contributed by atoms with Crippen LogP contribution in [-0.4, -0.2) is 30.6 Å². The van der Waals surface area contributed by atoms with Crippen LogP contribution in [0.15, 0.2) is 24.3 Å². The van der Waals surface area contributed by atoms with Gasteiger partial charge in [0, 0.05) is 18.8 Å². The van der Waals surface area contributed by atoms with E-state index < -0.39 is 0 Å². The Bertz CT molecular complexity index is 399. The van der Waals surface area contributed by atoms with Crippen molar-refractivity contribution in [2.24, 2.45) is 5.73 Å². The first-order valence-corrected chi connectivity index (χ1v) is 6.02. The van der Waals surface area contributed by atoms with Gasteiger partial charge in [-0.1, -0.05) is 18.2 Å². The molecule has 17 heavy (non-hydrogen) atoms. The molecule has 3 rings (SSSR count). The smallest absolute Gasteiger partial charge is 0.0591 e. The number of anilines is 1. The molecule has 1 fully saturated rings. The molecular formula is C13H20ClN3. The molecule has 1 spiro atoms. The standard InChI is InChI=1S/C13H19N3.ClH/c1-16-8-6-13(7-9-16)12(14)10-4-2-3-5-11(10)15-13;/h2-5,12,15H,6-9,14H2,1H3;1H/t12-;/m0./s1. The number of piperidine rings is 1. The maximum absolute atomic E-state index is 6.42. The third-order valence-electron chi connectivity index (χ3n) is 4.15. The van der Waals surface area contributed by atoms with E-state index in [2.05, 4.69) is 41.5 Å². The molecule has 0 amide bonds. The third-order valence-corrected chi connectivity index (χ3v) is 4.15. The summed E-state index contributed by atoms with van der Waals surface area (Å²) >= 11 is 0. The Labute approximate surface area is 109 Å². The van der Waals surface area contributed by atoms with Crippen LogP contribution in [0.25, 0.3) is 0 Å². The molecule has 0 unspecified atom stereocenters. The van der Waals surface area contributed by atoms with Gasteiger partial charge in [-0.05, 0) is 31.5 Å². The number of rotatable bonds is 0. The molecule has 1 aromatic carbocycles. The molecule has 0 aliphatic carbocycles. The summed E-state index contributed by atoms with van der Waals surface area (Å²) in [6.07, 6.45) is 2.28. The van der Waals surface area contributed by atoms with Crippen molar-refractivity contribution in [2.75, 3.05) is 25.5 Å². The second-order valence-electron chi connectivity index (χ2n) is 5.15. The summed E-state index contributed by atoms with van der Waals surface area (Å²) in [4.78, 5) is 2.38. The highest BCUT2D eigenvalue weighted by molar-refractivity contribution is 5.85. The molecule has 1 saturated heterocycles. The van der Waals surface area contributed by atoms with Crippen LogP contribution in [0.4, 0.5) is 5.69 Å². The lowest BCUT2D eigenvalue weighted by Crippen LogP contribution is -2.51. The number of nitrogens with zero attached hydrogens (tertiary/aromatic N) is 1. The average Bonchev–Trinajstić information content (AvgIpc) is 2.58. The number of para-hydroxylation sites is 1. The number of benzene rings is 1. The number of nitrogens with one attached hydrogen (secondary N) is 1. The molecule has 2 aliphatic heterocycles. The van der Waals surface area contributed by atoms with E-state index in [1.807, 2.05) is 0 Å². The van der Waals surface area contributed by atoms with Gasteiger partial charge >= 0.3 is 0 Å². The zero-order valence-electron chi connectivity index (χ0n) is 10.1. The number of halogens is 1. The molecule has 1 aromatic rings. The number of fused-ring (bicyclic) bond motifs is 1. The Morgan fingerprint density at radius 3 is 2.59 bits per heavy atom. The van der Waals surface area contributed by atoms with Crippen molar-refractivity contribution in [3.05, 3.63) is 29.8 Å². The van der Waals surface area contributed by atoms with Gasteiger partial charge in [0.05, 0.1) is 11.6 Å². The van der Waals surface area contributed by atoms with Crippen LogP contribution in [0.1, 0.15) is 24.4 Å². The predicted molar refractivity (Wildman–Crippen MR) is 73.7 cm³/mol. The highest BCUT2D eigenvalue weighted by Gasteiger charge is 2.45. The van der Waals surface area contributed by atoms with E-state index in [9.17, 15) is 0 Å². The largest absolute Gasteiger partial charge is 0.377 e. The third kappa shape index (κ3) is 1.92. The fourth-order valence-corrected chi connectivity index (χ4v) is 2.98. The van der Waals surface area contributed by atoms with Gasteiger partial charge in [-0.25, -0.2) is 0 Å². The van der Waals surface area contributed by atoms with E-state index in [1.165, 1.54) is 11.3 Å². The number of hydrogen-bond acceptors (Lipinski definition) is 3. The molecule has 2 heterocycles. The Hall–Kier alpha value is -0.770. The first kappa shape index (κ1) is 12.7. The molecule has 1 atom stereocenters. The van der Waals surface area contributed by atoms with Crippen LogP contribution < -0.4 is 11.1 Å². The molecule has 0 saturated carbocycles. The minimum Gasteiger partial charge on any atom is -0.377 e. The van der Waals surface area contributed by atoms with Gasteiger partial charge in [-0.3, -0.25) is 0 Å². The highest BCUT2D eigenvalue weighted by atomic mass is 35.5. The number of likely N-dealkylation sites (tertiary alicyclic amines) is 1. The second-order valence-corrected chi connectivity index (χ2v) is 5.15. The quantitative estimate of drug-likeness (QED) is 0.743. The number of nitrogens with two attached hydrogens (primary N) is 1. The zero-order chi connectivity index (χ0) is 11.2. The zero-order valence-corrected chi connectivity index (χ0v) is 11.0. The Morgan fingerprint density at radius 2 is 1.94 bits per heavy atom. The SMILES string of the molecule is CN1CCC2(CC1)Nc1ccccc1[C@@H]2N.Cl. The van der Waals surface area contributed by atoms with E-state index in [1.54, 1.807) is 0 Å². The second kappa shape index (κ2) is 4.48. The predicted octanol–water partition coefficient (Wildman–Crippen LogP) is 2.00. The Kier molecular flexibility index (Phi) is 3.34. The van der Waals surface area contributed by atoms with Crippen molar-refractivity contribution in [3.8, 4) is 0 Å². The lowest BCUT2D eigenvalue weighted by molar-refractivity contribution is 0.189. The monoisotopic (exact) mass is 253 g/mol. The van der Waals surface area contributed by atoms with Gasteiger partial charge in [0.15, 0.2) is 0 Å². The van der Waals surface area contributed by atoms with Gasteiger partial charge in [-0.2, -0.15) is 0 Å². The lowest BCUT2D eigenvalue weighted by atomic mass is 9.81. The lowest BCUT2D eigenvalue weighted by Gasteiger charge is -2.41. The average molecular weight is 254 g/mol. The van der Waals surface area contributed by atoms with Crippen LogP contribution in [-0.2, 0) is 0 Å². The summed E-state index contributed by atoms with van der Waals surface area (Å²) in [7, 11) is 2.18. The van der Waals surface area contributed by atoms with Crippen LogP contribution >= 0.6 is 12.4 Å². The van der Waals surface area contributed by atoms with E-state index in [4.69, 9.17) is 5.73 Å². The van der Waals surface area contributed by atoms with Crippen molar-refractivity contribution >= 4 is 18.1 Å². The van der Waals surface area contributed by atoms with Crippen molar-refractivity contribution < 1.29 is 0 Å². The maximum atomic E-state index is 6.42. The number of hydrogen-bond donors (Lipinski definition) is 2. The van der Waals surface area contributed by atoms with Crippen LogP contribution in [0.5, 0.6) is 0 Å². The van der Waals surface area contributed by atoms with E-state index >= 15 is 0 Å².